The van der Waals surface area contributed by atoms with Crippen LogP contribution in [0, 0.1) is 90.0 Å². The van der Waals surface area contributed by atoms with E-state index in [4.69, 9.17) is 16.3 Å². The van der Waals surface area contributed by atoms with Gasteiger partial charge in [0.2, 0.25) is 0 Å². The summed E-state index contributed by atoms with van der Waals surface area (Å²) in [6.45, 7) is 41.4. The molecule has 2 aliphatic heterocycles. The minimum absolute atomic E-state index is 0. The minimum Gasteiger partial charge on any atom is -0.769 e. The summed E-state index contributed by atoms with van der Waals surface area (Å²) in [5.41, 5.74) is 28.1. The molecule has 0 spiro atoms. The first-order chi connectivity index (χ1) is 39.9. The maximum atomic E-state index is 11.5. The fourth-order valence-corrected chi connectivity index (χ4v) is 16.4. The Morgan fingerprint density at radius 1 is 0.557 bits per heavy atom. The molecule has 0 saturated heterocycles. The largest absolute Gasteiger partial charge is 1.00 e. The fourth-order valence-electron chi connectivity index (χ4n) is 12.3. The quantitative estimate of drug-likeness (QED) is 0.0512. The number of fused-ring (bicyclic) bond motifs is 5. The Morgan fingerprint density at radius 3 is 1.43 bits per heavy atom. The van der Waals surface area contributed by atoms with Gasteiger partial charge in [-0.2, -0.15) is 0 Å². The molecular formula is C73H99Cl2NaO8S4. The van der Waals surface area contributed by atoms with Crippen LogP contribution in [0.5, 0.6) is 0 Å². The summed E-state index contributed by atoms with van der Waals surface area (Å²) in [7, 11) is 0. The van der Waals surface area contributed by atoms with Gasteiger partial charge in [-0.1, -0.05) is 75.7 Å². The maximum Gasteiger partial charge on any atom is 1.00 e. The van der Waals surface area contributed by atoms with Crippen molar-refractivity contribution in [2.24, 2.45) is 0 Å². The van der Waals surface area contributed by atoms with E-state index in [2.05, 4.69) is 189 Å². The van der Waals surface area contributed by atoms with Crippen LogP contribution in [0.2, 0.25) is 0 Å². The van der Waals surface area contributed by atoms with Crippen LogP contribution in [0.3, 0.4) is 0 Å². The molecule has 2 aliphatic carbocycles. The summed E-state index contributed by atoms with van der Waals surface area (Å²) in [4.78, 5) is 36.8. The van der Waals surface area contributed by atoms with Gasteiger partial charge in [-0.25, -0.2) is 11.9 Å². The Labute approximate surface area is 579 Å². The molecule has 6 aromatic carbocycles. The predicted octanol–water partition coefficient (Wildman–Crippen LogP) is 15.5. The predicted molar refractivity (Wildman–Crippen MR) is 378 cm³/mol. The Kier molecular flexibility index (Phi) is 35.8. The molecule has 1 aromatic heterocycles. The van der Waals surface area contributed by atoms with E-state index in [1.807, 2.05) is 53.9 Å². The van der Waals surface area contributed by atoms with Gasteiger partial charge in [0.1, 0.15) is 5.78 Å². The zero-order valence-corrected chi connectivity index (χ0v) is 63.0. The average molecular weight is 1330 g/mol. The summed E-state index contributed by atoms with van der Waals surface area (Å²) in [5, 5.41) is 22.3. The minimum atomic E-state index is -1.35. The third-order valence-electron chi connectivity index (χ3n) is 16.8. The third-order valence-corrected chi connectivity index (χ3v) is 21.9. The van der Waals surface area contributed by atoms with Crippen LogP contribution in [0.1, 0.15) is 225 Å². The van der Waals surface area contributed by atoms with E-state index in [1.54, 1.807) is 24.3 Å². The van der Waals surface area contributed by atoms with Crippen LogP contribution in [0.4, 0.5) is 0 Å². The number of aliphatic hydroxyl groups is 2. The Morgan fingerprint density at radius 2 is 0.977 bits per heavy atom. The molecule has 4 atom stereocenters. The van der Waals surface area contributed by atoms with Crippen molar-refractivity contribution < 1.29 is 71.2 Å². The molecule has 0 radical (unpaired) electrons. The monoisotopic (exact) mass is 1320 g/mol. The smallest absolute Gasteiger partial charge is 0.769 e. The van der Waals surface area contributed by atoms with E-state index < -0.39 is 6.29 Å². The molecule has 4 unspecified atom stereocenters. The van der Waals surface area contributed by atoms with E-state index in [9.17, 15) is 24.6 Å². The van der Waals surface area contributed by atoms with Crippen molar-refractivity contribution >= 4 is 98.4 Å². The van der Waals surface area contributed by atoms with Gasteiger partial charge in [-0.15, -0.1) is 59.1 Å². The molecule has 11 rings (SSSR count). The maximum absolute atomic E-state index is 11.5. The molecule has 4 aliphatic rings. The molecule has 0 amide bonds. The van der Waals surface area contributed by atoms with Gasteiger partial charge in [-0.3, -0.25) is 14.4 Å². The van der Waals surface area contributed by atoms with E-state index >= 15 is 0 Å². The molecule has 8 nitrogen and oxygen atoms in total. The van der Waals surface area contributed by atoms with Crippen LogP contribution in [-0.2, 0) is 17.6 Å². The first-order valence-electron chi connectivity index (χ1n) is 29.5. The van der Waals surface area contributed by atoms with Gasteiger partial charge < -0.3 is 25.8 Å². The SMILES string of the molecule is CC(=O)CCl.CC(=O)c1cc(C)c2c(c1C)C(C)CC2.CC(=O)c1cc(C)c2c(c1C)C(C)CS2.Cc1cc(C(O)O)c(C)c2c1CCC2C.Cc1ccc(C)c(S)c1.Cc1ccc(C)c2c(C)csc12.Cc1ccc(C)c2c1SCC2C.O.O.[HH].[Na+].[O-]Cl. The summed E-state index contributed by atoms with van der Waals surface area (Å²) in [6.07, 6.45) is 3.38. The van der Waals surface area contributed by atoms with Gasteiger partial charge in [-0.05, 0) is 289 Å². The molecule has 0 saturated carbocycles. The van der Waals surface area contributed by atoms with E-state index in [0.717, 1.165) is 39.7 Å². The number of ketones is 3. The van der Waals surface area contributed by atoms with Gasteiger partial charge >= 0.3 is 29.6 Å². The standard InChI is InChI=1S/C14H18O.C13H18O2.C13H16OS.C11H14S.C11H12S.C8H10S.C3H5ClO.ClO.Na.2H2O.H2/c1-8-5-6-12-9(2)7-13(11(4)15)10(3)14(8)12;1-7-4-5-10-8(2)6-11(13(14)15)9(3)12(7)10;1-7-5-11(10(4)14)9(3)12-8(2)6-15-13(7)12;2*1-7-4-5-8(2)11-10(7)9(3)6-12-11;1-6-3-4-7(2)8(9)5-6;1-3(5)2-4;1-2;;;;/h7-8H,5-6H2,1-4H3;6-7,13-15H,4-5H2,1-3H3;5,8H,6H2,1-4H3;4-5,9H,6H2,1-3H3;4-6H,1-3H3;3-5,9H,1-2H3;2H2,1H3;;;2*1H2;1H/q;;;;;;;-1;+1;;;. The number of carbonyl (C=O) groups is 3. The number of halogens is 2. The average Bonchev–Trinajstić information content (AvgIpc) is 1.81. The first kappa shape index (κ1) is 82.7. The number of thiol groups is 1. The summed E-state index contributed by atoms with van der Waals surface area (Å²) < 4.78 is 9.17. The number of hydrogen-bond acceptors (Lipinski definition) is 10. The van der Waals surface area contributed by atoms with E-state index in [-0.39, 0.29) is 65.2 Å². The van der Waals surface area contributed by atoms with Crippen LogP contribution in [-0.4, -0.2) is 55.9 Å². The van der Waals surface area contributed by atoms with Crippen LogP contribution >= 0.6 is 71.0 Å². The molecule has 0 bridgehead atoms. The summed E-state index contributed by atoms with van der Waals surface area (Å²) in [5.74, 6) is 5.47. The second kappa shape index (κ2) is 38.0. The third kappa shape index (κ3) is 20.9. The number of alkyl halides is 1. The van der Waals surface area contributed by atoms with Gasteiger partial charge in [0.05, 0.1) is 5.88 Å². The van der Waals surface area contributed by atoms with Crippen LogP contribution in [0.25, 0.3) is 10.1 Å². The number of aryl methyl sites for hydroxylation is 10. The van der Waals surface area contributed by atoms with E-state index in [1.165, 1.54) is 141 Å². The Bertz CT molecular complexity index is 3440. The first-order valence-corrected chi connectivity index (χ1v) is 33.6. The summed E-state index contributed by atoms with van der Waals surface area (Å²) in [6, 6.07) is 21.2. The number of benzene rings is 6. The second-order valence-corrected chi connectivity index (χ2v) is 27.5. The number of Topliss-reactive ketones (excluding diaryl/α,β-unsaturated/α-hetero) is 3. The Balaban J connectivity index is 0.00000102. The van der Waals surface area contributed by atoms with Crippen molar-refractivity contribution in [1.29, 1.82) is 0 Å². The number of thioether (sulfide) groups is 2. The molecule has 478 valence electrons. The number of thiophene rings is 1. The van der Waals surface area contributed by atoms with Crippen LogP contribution in [0.15, 0.2) is 80.7 Å². The van der Waals surface area contributed by atoms with Gasteiger partial charge in [0, 0.05) is 49.0 Å². The number of hydrogen-bond donors (Lipinski definition) is 3. The number of rotatable bonds is 4. The van der Waals surface area contributed by atoms with E-state index in [0.29, 0.717) is 23.3 Å². The van der Waals surface area contributed by atoms with Gasteiger partial charge in [0.15, 0.2) is 17.9 Å². The second-order valence-electron chi connectivity index (χ2n) is 23.8. The zero-order valence-electron chi connectivity index (χ0n) is 56.1. The molecule has 15 heteroatoms. The van der Waals surface area contributed by atoms with Crippen molar-refractivity contribution in [1.82, 2.24) is 0 Å². The van der Waals surface area contributed by atoms with Crippen molar-refractivity contribution in [3.8, 4) is 0 Å². The molecule has 7 aromatic rings. The molecule has 0 fully saturated rings. The number of carbonyl (C=O) groups excluding carboxylic acids is 3. The fraction of sp³-hybridized carbons (Fsp3) is 0.438. The molecule has 6 N–H and O–H groups in total. The number of aliphatic hydroxyl groups excluding tert-OH is 1. The normalized spacial score (nSPS) is 15.7. The van der Waals surface area contributed by atoms with Crippen molar-refractivity contribution in [2.75, 3.05) is 17.4 Å². The molecule has 88 heavy (non-hydrogen) atoms. The van der Waals surface area contributed by atoms with Crippen molar-refractivity contribution in [3.05, 3.63) is 188 Å². The molecule has 3 heterocycles. The summed E-state index contributed by atoms with van der Waals surface area (Å²) >= 11 is 18.4. The van der Waals surface area contributed by atoms with Crippen molar-refractivity contribution in [3.63, 3.8) is 0 Å². The molecular weight excluding hydrogens is 1230 g/mol. The zero-order chi connectivity index (χ0) is 64.1. The topological polar surface area (TPSA) is 178 Å². The van der Waals surface area contributed by atoms with Crippen LogP contribution < -0.4 is 34.2 Å². The van der Waals surface area contributed by atoms with Crippen molar-refractivity contribution in [2.45, 2.75) is 209 Å². The van der Waals surface area contributed by atoms with Gasteiger partial charge in [0.25, 0.3) is 0 Å². The Hall–Kier alpha value is -3.28.